The number of nitro groups is 1. The van der Waals surface area contributed by atoms with Gasteiger partial charge in [-0.25, -0.2) is 13.4 Å². The molecule has 168 valence electrons. The Kier molecular flexibility index (Phi) is 6.47. The van der Waals surface area contributed by atoms with Gasteiger partial charge in [0.25, 0.3) is 5.69 Å². The molecular formula is C21H21ClN4O4S2. The molecule has 1 saturated heterocycles. The highest BCUT2D eigenvalue weighted by Crippen LogP contribution is 2.31. The number of sulfonamides is 1. The van der Waals surface area contributed by atoms with Crippen molar-refractivity contribution in [2.24, 2.45) is 0 Å². The smallest absolute Gasteiger partial charge is 0.289 e. The third kappa shape index (κ3) is 4.49. The predicted molar refractivity (Wildman–Crippen MR) is 126 cm³/mol. The van der Waals surface area contributed by atoms with Gasteiger partial charge in [-0.3, -0.25) is 10.1 Å². The fraction of sp³-hybridized carbons (Fsp3) is 0.286. The van der Waals surface area contributed by atoms with Crippen molar-refractivity contribution in [3.63, 3.8) is 0 Å². The maximum atomic E-state index is 13.0. The first-order valence-electron chi connectivity index (χ1n) is 10.0. The van der Waals surface area contributed by atoms with Gasteiger partial charge in [0.15, 0.2) is 5.13 Å². The lowest BCUT2D eigenvalue weighted by atomic mass is 10.1. The van der Waals surface area contributed by atoms with E-state index in [4.69, 9.17) is 16.6 Å². The minimum atomic E-state index is -3.86. The number of nitro benzene ring substituents is 1. The van der Waals surface area contributed by atoms with Crippen molar-refractivity contribution in [3.8, 4) is 11.3 Å². The second-order valence-electron chi connectivity index (χ2n) is 7.33. The third-order valence-corrected chi connectivity index (χ3v) is 8.53. The predicted octanol–water partition coefficient (Wildman–Crippen LogP) is 4.45. The fourth-order valence-electron chi connectivity index (χ4n) is 3.51. The summed E-state index contributed by atoms with van der Waals surface area (Å²) >= 11 is 7.34. The lowest BCUT2D eigenvalue weighted by Gasteiger charge is -2.33. The van der Waals surface area contributed by atoms with E-state index in [2.05, 4.69) is 36.1 Å². The Morgan fingerprint density at radius 3 is 2.44 bits per heavy atom. The number of benzene rings is 2. The van der Waals surface area contributed by atoms with Crippen LogP contribution in [0.2, 0.25) is 5.02 Å². The lowest BCUT2D eigenvalue weighted by molar-refractivity contribution is -0.384. The number of hydrogen-bond donors (Lipinski definition) is 0. The second kappa shape index (κ2) is 9.14. The molecule has 0 spiro atoms. The van der Waals surface area contributed by atoms with Crippen LogP contribution in [0.4, 0.5) is 10.8 Å². The topological polar surface area (TPSA) is 96.7 Å². The molecule has 1 aliphatic rings. The van der Waals surface area contributed by atoms with Gasteiger partial charge in [-0.15, -0.1) is 11.3 Å². The highest BCUT2D eigenvalue weighted by molar-refractivity contribution is 7.89. The largest absolute Gasteiger partial charge is 0.345 e. The Labute approximate surface area is 195 Å². The Hall–Kier alpha value is -2.53. The van der Waals surface area contributed by atoms with E-state index in [0.717, 1.165) is 28.9 Å². The molecule has 0 radical (unpaired) electrons. The quantitative estimate of drug-likeness (QED) is 0.372. The summed E-state index contributed by atoms with van der Waals surface area (Å²) in [5.74, 6) is 0. The van der Waals surface area contributed by atoms with Crippen molar-refractivity contribution in [2.75, 3.05) is 31.1 Å². The molecule has 3 aromatic rings. The zero-order valence-corrected chi connectivity index (χ0v) is 19.7. The molecule has 0 saturated carbocycles. The van der Waals surface area contributed by atoms with Crippen molar-refractivity contribution in [1.29, 1.82) is 0 Å². The van der Waals surface area contributed by atoms with Gasteiger partial charge in [0, 0.05) is 43.2 Å². The van der Waals surface area contributed by atoms with Crippen LogP contribution in [0, 0.1) is 10.1 Å². The molecule has 0 unspecified atom stereocenters. The van der Waals surface area contributed by atoms with Gasteiger partial charge >= 0.3 is 0 Å². The summed E-state index contributed by atoms with van der Waals surface area (Å²) in [4.78, 5) is 17.1. The average Bonchev–Trinajstić information content (AvgIpc) is 3.29. The number of nitrogens with zero attached hydrogens (tertiary/aromatic N) is 4. The standard InChI is InChI=1S/C21H21ClN4O4S2/c1-2-15-3-5-16(6-4-15)19-14-31-21(23-19)24-9-11-25(12-10-24)32(29,30)17-7-8-18(22)20(13-17)26(27)28/h3-8,13-14H,2,9-12H2,1H3. The van der Waals surface area contributed by atoms with Gasteiger partial charge in [0.1, 0.15) is 5.02 Å². The molecule has 1 aliphatic heterocycles. The highest BCUT2D eigenvalue weighted by atomic mass is 35.5. The van der Waals surface area contributed by atoms with Crippen molar-refractivity contribution < 1.29 is 13.3 Å². The number of aromatic nitrogens is 1. The molecule has 0 amide bonds. The number of rotatable bonds is 6. The van der Waals surface area contributed by atoms with Crippen LogP contribution in [-0.2, 0) is 16.4 Å². The molecule has 32 heavy (non-hydrogen) atoms. The Bertz CT molecular complexity index is 1240. The molecule has 2 aromatic carbocycles. The zero-order valence-electron chi connectivity index (χ0n) is 17.3. The Balaban J connectivity index is 1.46. The summed E-state index contributed by atoms with van der Waals surface area (Å²) in [6.07, 6.45) is 0.985. The van der Waals surface area contributed by atoms with Gasteiger partial charge in [-0.1, -0.05) is 42.8 Å². The summed E-state index contributed by atoms with van der Waals surface area (Å²) in [6.45, 7) is 3.61. The third-order valence-electron chi connectivity index (χ3n) is 5.41. The first-order chi connectivity index (χ1) is 15.3. The fourth-order valence-corrected chi connectivity index (χ4v) is 6.03. The van der Waals surface area contributed by atoms with E-state index < -0.39 is 20.6 Å². The van der Waals surface area contributed by atoms with Crippen molar-refractivity contribution >= 4 is 43.8 Å². The summed E-state index contributed by atoms with van der Waals surface area (Å²) in [5, 5.41) is 13.9. The van der Waals surface area contributed by atoms with Crippen LogP contribution >= 0.6 is 22.9 Å². The van der Waals surface area contributed by atoms with Crippen LogP contribution in [0.5, 0.6) is 0 Å². The van der Waals surface area contributed by atoms with Gasteiger partial charge in [-0.2, -0.15) is 4.31 Å². The molecule has 8 nitrogen and oxygen atoms in total. The normalized spacial score (nSPS) is 15.1. The van der Waals surface area contributed by atoms with Crippen LogP contribution in [0.1, 0.15) is 12.5 Å². The molecule has 0 N–H and O–H groups in total. The number of halogens is 1. The van der Waals surface area contributed by atoms with Crippen LogP contribution in [0.25, 0.3) is 11.3 Å². The summed E-state index contributed by atoms with van der Waals surface area (Å²) in [7, 11) is -3.86. The van der Waals surface area contributed by atoms with Gasteiger partial charge < -0.3 is 4.90 Å². The van der Waals surface area contributed by atoms with Crippen LogP contribution < -0.4 is 4.90 Å². The summed E-state index contributed by atoms with van der Waals surface area (Å²) < 4.78 is 27.3. The van der Waals surface area contributed by atoms with E-state index in [9.17, 15) is 18.5 Å². The number of hydrogen-bond acceptors (Lipinski definition) is 7. The van der Waals surface area contributed by atoms with E-state index in [1.807, 2.05) is 5.38 Å². The van der Waals surface area contributed by atoms with Crippen molar-refractivity contribution in [2.45, 2.75) is 18.2 Å². The van der Waals surface area contributed by atoms with Gasteiger partial charge in [0.05, 0.1) is 15.5 Å². The first-order valence-corrected chi connectivity index (χ1v) is 12.7. The molecule has 4 rings (SSSR count). The van der Waals surface area contributed by atoms with Crippen molar-refractivity contribution in [3.05, 3.63) is 68.5 Å². The molecule has 0 bridgehead atoms. The zero-order chi connectivity index (χ0) is 22.9. The van der Waals surface area contributed by atoms with E-state index in [1.165, 1.54) is 33.3 Å². The average molecular weight is 493 g/mol. The summed E-state index contributed by atoms with van der Waals surface area (Å²) in [5.41, 5.74) is 2.80. The van der Waals surface area contributed by atoms with Gasteiger partial charge in [0.2, 0.25) is 10.0 Å². The van der Waals surface area contributed by atoms with E-state index >= 15 is 0 Å². The number of aryl methyl sites for hydroxylation is 1. The van der Waals surface area contributed by atoms with Crippen LogP contribution in [-0.4, -0.2) is 48.8 Å². The minimum absolute atomic E-state index is 0.0947. The van der Waals surface area contributed by atoms with Crippen LogP contribution in [0.15, 0.2) is 52.7 Å². The molecular weight excluding hydrogens is 472 g/mol. The minimum Gasteiger partial charge on any atom is -0.345 e. The number of anilines is 1. The van der Waals surface area contributed by atoms with E-state index in [1.54, 1.807) is 0 Å². The second-order valence-corrected chi connectivity index (χ2v) is 10.5. The Morgan fingerprint density at radius 2 is 1.81 bits per heavy atom. The molecule has 11 heteroatoms. The van der Waals surface area contributed by atoms with E-state index in [0.29, 0.717) is 13.1 Å². The number of thiazole rings is 1. The summed E-state index contributed by atoms with van der Waals surface area (Å²) in [6, 6.07) is 11.9. The maximum absolute atomic E-state index is 13.0. The monoisotopic (exact) mass is 492 g/mol. The van der Waals surface area contributed by atoms with Crippen molar-refractivity contribution in [1.82, 2.24) is 9.29 Å². The highest BCUT2D eigenvalue weighted by Gasteiger charge is 2.31. The number of piperazine rings is 1. The maximum Gasteiger partial charge on any atom is 0.289 e. The first kappa shape index (κ1) is 22.7. The molecule has 1 aromatic heterocycles. The SMILES string of the molecule is CCc1ccc(-c2csc(N3CCN(S(=O)(=O)c4ccc(Cl)c([N+](=O)[O-])c4)CC3)n2)cc1. The van der Waals surface area contributed by atoms with E-state index in [-0.39, 0.29) is 23.0 Å². The molecule has 0 atom stereocenters. The molecule has 1 fully saturated rings. The lowest BCUT2D eigenvalue weighted by Crippen LogP contribution is -2.48. The van der Waals surface area contributed by atoms with Crippen LogP contribution in [0.3, 0.4) is 0 Å². The molecule has 2 heterocycles. The van der Waals surface area contributed by atoms with Gasteiger partial charge in [-0.05, 0) is 24.1 Å². The molecule has 0 aliphatic carbocycles. The Morgan fingerprint density at radius 1 is 1.12 bits per heavy atom.